The zero-order valence-corrected chi connectivity index (χ0v) is 15.6. The predicted octanol–water partition coefficient (Wildman–Crippen LogP) is 2.72. The van der Waals surface area contributed by atoms with E-state index in [0.717, 1.165) is 36.9 Å². The quantitative estimate of drug-likeness (QED) is 0.717. The molecule has 2 aromatic carbocycles. The van der Waals surface area contributed by atoms with Gasteiger partial charge >= 0.3 is 0 Å². The molecular weight excluding hydrogens is 354 g/mol. The second-order valence-corrected chi connectivity index (χ2v) is 7.14. The van der Waals surface area contributed by atoms with Crippen LogP contribution in [-0.2, 0) is 22.4 Å². The fourth-order valence-corrected chi connectivity index (χ4v) is 3.67. The van der Waals surface area contributed by atoms with Crippen molar-refractivity contribution in [1.82, 2.24) is 15.4 Å². The van der Waals surface area contributed by atoms with E-state index in [2.05, 4.69) is 10.5 Å². The molecule has 28 heavy (non-hydrogen) atoms. The lowest BCUT2D eigenvalue weighted by Crippen LogP contribution is -2.49. The molecule has 1 aromatic heterocycles. The third-order valence-electron chi connectivity index (χ3n) is 5.11. The summed E-state index contributed by atoms with van der Waals surface area (Å²) in [6, 6.07) is 16.6. The fraction of sp³-hybridized carbons (Fsp3) is 0.318. The van der Waals surface area contributed by atoms with Gasteiger partial charge in [-0.25, -0.2) is 0 Å². The minimum Gasteiger partial charge on any atom is -0.356 e. The Morgan fingerprint density at radius 2 is 1.75 bits per heavy atom. The van der Waals surface area contributed by atoms with Crippen LogP contribution in [0.2, 0.25) is 0 Å². The maximum Gasteiger partial charge on any atom is 0.245 e. The molecule has 0 bridgehead atoms. The normalized spacial score (nSPS) is 14.9. The van der Waals surface area contributed by atoms with Gasteiger partial charge in [0.15, 0.2) is 5.58 Å². The summed E-state index contributed by atoms with van der Waals surface area (Å²) in [5, 5.41) is 7.77. The van der Waals surface area contributed by atoms with Gasteiger partial charge in [-0.05, 0) is 30.5 Å². The highest BCUT2D eigenvalue weighted by Gasteiger charge is 2.28. The molecule has 144 valence electrons. The number of nitrogens with zero attached hydrogens (tertiary/aromatic N) is 2. The van der Waals surface area contributed by atoms with Crippen molar-refractivity contribution in [2.24, 2.45) is 0 Å². The summed E-state index contributed by atoms with van der Waals surface area (Å²) in [4.78, 5) is 27.5. The number of amides is 2. The van der Waals surface area contributed by atoms with Gasteiger partial charge in [0.2, 0.25) is 11.8 Å². The van der Waals surface area contributed by atoms with E-state index in [1.165, 1.54) is 0 Å². The van der Waals surface area contributed by atoms with Crippen molar-refractivity contribution in [1.29, 1.82) is 0 Å². The maximum atomic E-state index is 13.0. The van der Waals surface area contributed by atoms with Crippen LogP contribution in [0.4, 0.5) is 0 Å². The number of carbonyl (C=O) groups excluding carboxylic acids is 2. The highest BCUT2D eigenvalue weighted by atomic mass is 16.5. The van der Waals surface area contributed by atoms with Crippen LogP contribution in [-0.4, -0.2) is 41.0 Å². The molecule has 1 N–H and O–H groups in total. The topological polar surface area (TPSA) is 75.4 Å². The molecule has 3 aromatic rings. The third kappa shape index (κ3) is 4.06. The van der Waals surface area contributed by atoms with E-state index in [1.807, 2.05) is 59.5 Å². The van der Waals surface area contributed by atoms with E-state index in [4.69, 9.17) is 4.52 Å². The van der Waals surface area contributed by atoms with E-state index < -0.39 is 6.04 Å². The van der Waals surface area contributed by atoms with Gasteiger partial charge in [-0.2, -0.15) is 0 Å². The fourth-order valence-electron chi connectivity index (χ4n) is 3.67. The summed E-state index contributed by atoms with van der Waals surface area (Å²) >= 11 is 0. The van der Waals surface area contributed by atoms with Gasteiger partial charge in [-0.3, -0.25) is 9.59 Å². The summed E-state index contributed by atoms with van der Waals surface area (Å²) < 4.78 is 5.27. The number of aromatic nitrogens is 1. The van der Waals surface area contributed by atoms with E-state index in [0.29, 0.717) is 17.7 Å². The molecule has 0 spiro atoms. The molecule has 6 nitrogen and oxygen atoms in total. The van der Waals surface area contributed by atoms with Gasteiger partial charge < -0.3 is 14.7 Å². The molecule has 0 unspecified atom stereocenters. The Morgan fingerprint density at radius 1 is 1.04 bits per heavy atom. The summed E-state index contributed by atoms with van der Waals surface area (Å²) in [5.41, 5.74) is 2.26. The summed E-state index contributed by atoms with van der Waals surface area (Å²) in [5.74, 6) is -0.243. The van der Waals surface area contributed by atoms with Crippen LogP contribution in [0.25, 0.3) is 11.0 Å². The largest absolute Gasteiger partial charge is 0.356 e. The first-order valence-electron chi connectivity index (χ1n) is 9.66. The summed E-state index contributed by atoms with van der Waals surface area (Å²) in [7, 11) is 0. The lowest BCUT2D eigenvalue weighted by atomic mass is 10.0. The first-order valence-corrected chi connectivity index (χ1v) is 9.66. The van der Waals surface area contributed by atoms with Crippen molar-refractivity contribution in [2.45, 2.75) is 31.7 Å². The molecular formula is C22H23N3O3. The highest BCUT2D eigenvalue weighted by molar-refractivity contribution is 5.90. The van der Waals surface area contributed by atoms with Gasteiger partial charge in [0.05, 0.1) is 6.42 Å². The van der Waals surface area contributed by atoms with Crippen LogP contribution in [0.15, 0.2) is 59.1 Å². The standard InChI is InChI=1S/C22H23N3O3/c26-21(15-18-17-10-4-5-11-20(17)28-24-18)23-19(14-16-8-2-1-3-9-16)22(27)25-12-6-7-13-25/h1-5,8-11,19H,6-7,12-15H2,(H,23,26)/t19-/m1/s1. The molecule has 2 heterocycles. The maximum absolute atomic E-state index is 13.0. The minimum atomic E-state index is -0.578. The number of fused-ring (bicyclic) bond motifs is 1. The van der Waals surface area contributed by atoms with E-state index in [-0.39, 0.29) is 18.2 Å². The SMILES string of the molecule is O=C(Cc1noc2ccccc12)N[C@H](Cc1ccccc1)C(=O)N1CCCC1. The first kappa shape index (κ1) is 18.2. The molecule has 6 heteroatoms. The third-order valence-corrected chi connectivity index (χ3v) is 5.11. The monoisotopic (exact) mass is 377 g/mol. The summed E-state index contributed by atoms with van der Waals surface area (Å²) in [6.45, 7) is 1.52. The molecule has 4 rings (SSSR count). The molecule has 0 aliphatic carbocycles. The number of hydrogen-bond acceptors (Lipinski definition) is 4. The van der Waals surface area contributed by atoms with Gasteiger partial charge in [-0.15, -0.1) is 0 Å². The number of likely N-dealkylation sites (tertiary alicyclic amines) is 1. The zero-order valence-electron chi connectivity index (χ0n) is 15.6. The second kappa shape index (κ2) is 8.25. The number of nitrogens with one attached hydrogen (secondary N) is 1. The predicted molar refractivity (Wildman–Crippen MR) is 106 cm³/mol. The van der Waals surface area contributed by atoms with Crippen molar-refractivity contribution in [3.8, 4) is 0 Å². The number of rotatable bonds is 6. The Morgan fingerprint density at radius 3 is 2.54 bits per heavy atom. The number of carbonyl (C=O) groups is 2. The van der Waals surface area contributed by atoms with E-state index >= 15 is 0 Å². The van der Waals surface area contributed by atoms with Gasteiger partial charge in [0.1, 0.15) is 11.7 Å². The molecule has 0 radical (unpaired) electrons. The lowest BCUT2D eigenvalue weighted by Gasteiger charge is -2.24. The Kier molecular flexibility index (Phi) is 5.37. The average molecular weight is 377 g/mol. The van der Waals surface area contributed by atoms with Crippen molar-refractivity contribution in [3.05, 3.63) is 65.9 Å². The molecule has 1 fully saturated rings. The second-order valence-electron chi connectivity index (χ2n) is 7.14. The number of para-hydroxylation sites is 1. The van der Waals surface area contributed by atoms with Crippen LogP contribution in [0.5, 0.6) is 0 Å². The molecule has 1 saturated heterocycles. The van der Waals surface area contributed by atoms with Gasteiger partial charge in [0.25, 0.3) is 0 Å². The first-order chi connectivity index (χ1) is 13.7. The smallest absolute Gasteiger partial charge is 0.245 e. The number of benzene rings is 2. The van der Waals surface area contributed by atoms with Crippen LogP contribution in [0.1, 0.15) is 24.1 Å². The molecule has 1 atom stereocenters. The van der Waals surface area contributed by atoms with Crippen LogP contribution >= 0.6 is 0 Å². The van der Waals surface area contributed by atoms with E-state index in [9.17, 15) is 9.59 Å². The van der Waals surface area contributed by atoms with Crippen molar-refractivity contribution >= 4 is 22.8 Å². The van der Waals surface area contributed by atoms with E-state index in [1.54, 1.807) is 0 Å². The average Bonchev–Trinajstić information content (AvgIpc) is 3.38. The van der Waals surface area contributed by atoms with Gasteiger partial charge in [-0.1, -0.05) is 47.6 Å². The Bertz CT molecular complexity index is 961. The van der Waals surface area contributed by atoms with Crippen molar-refractivity contribution in [3.63, 3.8) is 0 Å². The molecule has 1 aliphatic heterocycles. The minimum absolute atomic E-state index is 0.0142. The van der Waals surface area contributed by atoms with Crippen molar-refractivity contribution in [2.75, 3.05) is 13.1 Å². The lowest BCUT2D eigenvalue weighted by molar-refractivity contribution is -0.135. The van der Waals surface area contributed by atoms with Crippen LogP contribution in [0, 0.1) is 0 Å². The highest BCUT2D eigenvalue weighted by Crippen LogP contribution is 2.18. The van der Waals surface area contributed by atoms with Crippen molar-refractivity contribution < 1.29 is 14.1 Å². The van der Waals surface area contributed by atoms with Crippen LogP contribution < -0.4 is 5.32 Å². The molecule has 2 amide bonds. The zero-order chi connectivity index (χ0) is 19.3. The van der Waals surface area contributed by atoms with Crippen LogP contribution in [0.3, 0.4) is 0 Å². The van der Waals surface area contributed by atoms with Gasteiger partial charge in [0, 0.05) is 24.9 Å². The Labute approximate surface area is 163 Å². The Hall–Kier alpha value is -3.15. The Balaban J connectivity index is 1.49. The molecule has 1 aliphatic rings. The number of hydrogen-bond donors (Lipinski definition) is 1. The summed E-state index contributed by atoms with van der Waals surface area (Å²) in [6.07, 6.45) is 2.59. The molecule has 0 saturated carbocycles.